The Morgan fingerprint density at radius 2 is 2.08 bits per heavy atom. The number of halogens is 1. The van der Waals surface area contributed by atoms with Crippen molar-refractivity contribution in [1.29, 1.82) is 0 Å². The Hall–Kier alpha value is -2.86. The molecule has 0 bridgehead atoms. The molecule has 7 heteroatoms. The Kier molecular flexibility index (Phi) is 4.48. The summed E-state index contributed by atoms with van der Waals surface area (Å²) in [5.74, 6) is 0.450. The Bertz CT molecular complexity index is 844. The number of carbonyl (C=O) groups is 1. The lowest BCUT2D eigenvalue weighted by Gasteiger charge is -2.18. The number of benzene rings is 1. The van der Waals surface area contributed by atoms with Crippen LogP contribution in [0.3, 0.4) is 0 Å². The number of carbonyl (C=O) groups excluding carboxylic acids is 1. The van der Waals surface area contributed by atoms with Crippen LogP contribution in [0.1, 0.15) is 10.4 Å². The number of hydrogen-bond acceptors (Lipinski definition) is 4. The van der Waals surface area contributed by atoms with Gasteiger partial charge < -0.3 is 10.2 Å². The van der Waals surface area contributed by atoms with E-state index in [2.05, 4.69) is 15.3 Å². The van der Waals surface area contributed by atoms with Crippen LogP contribution >= 0.6 is 11.6 Å². The van der Waals surface area contributed by atoms with Crippen molar-refractivity contribution in [3.8, 4) is 5.82 Å². The van der Waals surface area contributed by atoms with Crippen molar-refractivity contribution in [3.63, 3.8) is 0 Å². The van der Waals surface area contributed by atoms with Gasteiger partial charge in [-0.05, 0) is 30.3 Å². The van der Waals surface area contributed by atoms with Crippen LogP contribution in [0.4, 0.5) is 11.4 Å². The molecule has 2 aromatic heterocycles. The summed E-state index contributed by atoms with van der Waals surface area (Å²) >= 11 is 6.04. The largest absolute Gasteiger partial charge is 0.376 e. The van der Waals surface area contributed by atoms with Gasteiger partial charge in [0.2, 0.25) is 0 Å². The lowest BCUT2D eigenvalue weighted by molar-refractivity contribution is 0.102. The minimum Gasteiger partial charge on any atom is -0.376 e. The lowest BCUT2D eigenvalue weighted by atomic mass is 10.2. The minimum absolute atomic E-state index is 0.245. The molecule has 0 spiro atoms. The molecule has 1 amide bonds. The summed E-state index contributed by atoms with van der Waals surface area (Å²) in [7, 11) is 3.81. The smallest absolute Gasteiger partial charge is 0.257 e. The summed E-state index contributed by atoms with van der Waals surface area (Å²) in [6, 6.07) is 8.85. The number of hydrogen-bond donors (Lipinski definition) is 1. The molecule has 0 aliphatic heterocycles. The second-order valence-corrected chi connectivity index (χ2v) is 5.82. The van der Waals surface area contributed by atoms with Crippen molar-refractivity contribution >= 4 is 28.9 Å². The van der Waals surface area contributed by atoms with E-state index in [0.717, 1.165) is 5.69 Å². The topological polar surface area (TPSA) is 63.1 Å². The van der Waals surface area contributed by atoms with Crippen LogP contribution in [0.5, 0.6) is 0 Å². The molecule has 0 saturated carbocycles. The minimum atomic E-state index is -0.245. The van der Waals surface area contributed by atoms with Gasteiger partial charge >= 0.3 is 0 Å². The lowest BCUT2D eigenvalue weighted by Crippen LogP contribution is -2.17. The molecule has 0 fully saturated rings. The fourth-order valence-electron chi connectivity index (χ4n) is 2.26. The first-order valence-corrected chi connectivity index (χ1v) is 7.65. The molecule has 3 aromatic rings. The highest BCUT2D eigenvalue weighted by atomic mass is 35.5. The van der Waals surface area contributed by atoms with Crippen molar-refractivity contribution in [2.75, 3.05) is 24.3 Å². The van der Waals surface area contributed by atoms with E-state index < -0.39 is 0 Å². The first-order chi connectivity index (χ1) is 11.5. The van der Waals surface area contributed by atoms with Gasteiger partial charge in [0.05, 0.1) is 16.9 Å². The van der Waals surface area contributed by atoms with Crippen LogP contribution in [0.2, 0.25) is 5.02 Å². The van der Waals surface area contributed by atoms with E-state index in [-0.39, 0.29) is 5.91 Å². The molecule has 1 aromatic carbocycles. The van der Waals surface area contributed by atoms with E-state index in [1.165, 1.54) is 6.20 Å². The van der Waals surface area contributed by atoms with Gasteiger partial charge in [-0.1, -0.05) is 11.6 Å². The predicted octanol–water partition coefficient (Wildman–Crippen LogP) is 3.24. The van der Waals surface area contributed by atoms with Crippen molar-refractivity contribution in [3.05, 3.63) is 65.8 Å². The quantitative estimate of drug-likeness (QED) is 0.791. The van der Waals surface area contributed by atoms with Crippen LogP contribution in [0.15, 0.2) is 55.2 Å². The number of nitrogens with one attached hydrogen (secondary N) is 1. The van der Waals surface area contributed by atoms with Gasteiger partial charge in [-0.2, -0.15) is 0 Å². The average molecular weight is 342 g/mol. The third-order valence-electron chi connectivity index (χ3n) is 3.47. The van der Waals surface area contributed by atoms with Gasteiger partial charge in [-0.3, -0.25) is 9.36 Å². The molecule has 0 unspecified atom stereocenters. The molecule has 0 atom stereocenters. The van der Waals surface area contributed by atoms with Crippen LogP contribution < -0.4 is 10.2 Å². The van der Waals surface area contributed by atoms with Gasteiger partial charge in [0, 0.05) is 37.7 Å². The van der Waals surface area contributed by atoms with E-state index >= 15 is 0 Å². The molecule has 1 N–H and O–H groups in total. The van der Waals surface area contributed by atoms with Gasteiger partial charge in [-0.15, -0.1) is 0 Å². The van der Waals surface area contributed by atoms with Gasteiger partial charge in [0.1, 0.15) is 12.1 Å². The van der Waals surface area contributed by atoms with E-state index in [0.29, 0.717) is 22.1 Å². The van der Waals surface area contributed by atoms with E-state index in [1.807, 2.05) is 25.1 Å². The maximum Gasteiger partial charge on any atom is 0.257 e. The number of pyridine rings is 1. The Balaban J connectivity index is 1.82. The highest BCUT2D eigenvalue weighted by Crippen LogP contribution is 2.28. The van der Waals surface area contributed by atoms with Gasteiger partial charge in [0.25, 0.3) is 5.91 Å². The number of rotatable bonds is 4. The highest BCUT2D eigenvalue weighted by molar-refractivity contribution is 6.31. The van der Waals surface area contributed by atoms with Crippen LogP contribution in [0, 0.1) is 0 Å². The molecule has 0 radical (unpaired) electrons. The molecule has 3 rings (SSSR count). The van der Waals surface area contributed by atoms with E-state index in [1.54, 1.807) is 47.6 Å². The van der Waals surface area contributed by atoms with Gasteiger partial charge in [0.15, 0.2) is 0 Å². The molecule has 6 nitrogen and oxygen atoms in total. The predicted molar refractivity (Wildman–Crippen MR) is 95.1 cm³/mol. The van der Waals surface area contributed by atoms with Crippen molar-refractivity contribution in [2.24, 2.45) is 0 Å². The monoisotopic (exact) mass is 341 g/mol. The first kappa shape index (κ1) is 16.0. The van der Waals surface area contributed by atoms with Crippen molar-refractivity contribution in [2.45, 2.75) is 0 Å². The third-order valence-corrected chi connectivity index (χ3v) is 3.70. The zero-order valence-corrected chi connectivity index (χ0v) is 14.0. The molecule has 2 heterocycles. The number of imidazole rings is 1. The Labute approximate surface area is 144 Å². The summed E-state index contributed by atoms with van der Waals surface area (Å²) in [5, 5.41) is 3.44. The maximum absolute atomic E-state index is 12.5. The highest BCUT2D eigenvalue weighted by Gasteiger charge is 2.12. The zero-order valence-electron chi connectivity index (χ0n) is 13.3. The van der Waals surface area contributed by atoms with Crippen molar-refractivity contribution in [1.82, 2.24) is 14.5 Å². The van der Waals surface area contributed by atoms with Gasteiger partial charge in [-0.25, -0.2) is 9.97 Å². The number of amides is 1. The number of aromatic nitrogens is 3. The summed E-state index contributed by atoms with van der Waals surface area (Å²) in [6.07, 6.45) is 6.64. The van der Waals surface area contributed by atoms with Crippen LogP contribution in [-0.4, -0.2) is 34.5 Å². The first-order valence-electron chi connectivity index (χ1n) is 7.27. The molecule has 0 aliphatic carbocycles. The normalized spacial score (nSPS) is 10.5. The fourth-order valence-corrected chi connectivity index (χ4v) is 2.43. The zero-order chi connectivity index (χ0) is 17.1. The standard InChI is InChI=1S/C17H16ClN5O/c1-22(2)15-5-4-13(18)9-14(15)21-17(24)12-3-6-16(20-10-12)23-8-7-19-11-23/h3-11H,1-2H3,(H,21,24). The molecule has 122 valence electrons. The fraction of sp³-hybridized carbons (Fsp3) is 0.118. The molecular weight excluding hydrogens is 326 g/mol. The molecule has 0 aliphatic rings. The Morgan fingerprint density at radius 3 is 2.71 bits per heavy atom. The second kappa shape index (κ2) is 6.72. The SMILES string of the molecule is CN(C)c1ccc(Cl)cc1NC(=O)c1ccc(-n2ccnc2)nc1. The molecule has 0 saturated heterocycles. The van der Waals surface area contributed by atoms with Crippen LogP contribution in [0.25, 0.3) is 5.82 Å². The summed E-state index contributed by atoms with van der Waals surface area (Å²) in [5.41, 5.74) is 1.98. The maximum atomic E-state index is 12.5. The summed E-state index contributed by atoms with van der Waals surface area (Å²) < 4.78 is 1.77. The number of anilines is 2. The van der Waals surface area contributed by atoms with Crippen molar-refractivity contribution < 1.29 is 4.79 Å². The summed E-state index contributed by atoms with van der Waals surface area (Å²) in [4.78, 5) is 22.6. The second-order valence-electron chi connectivity index (χ2n) is 5.39. The third kappa shape index (κ3) is 3.38. The molecule has 24 heavy (non-hydrogen) atoms. The number of nitrogens with zero attached hydrogens (tertiary/aromatic N) is 4. The average Bonchev–Trinajstić information content (AvgIpc) is 3.09. The van der Waals surface area contributed by atoms with E-state index in [4.69, 9.17) is 11.6 Å². The van der Waals surface area contributed by atoms with Crippen LogP contribution in [-0.2, 0) is 0 Å². The van der Waals surface area contributed by atoms with E-state index in [9.17, 15) is 4.79 Å². The molecular formula is C17H16ClN5O. The Morgan fingerprint density at radius 1 is 1.25 bits per heavy atom. The summed E-state index contributed by atoms with van der Waals surface area (Å²) in [6.45, 7) is 0.